The van der Waals surface area contributed by atoms with Gasteiger partial charge >= 0.3 is 6.18 Å². The van der Waals surface area contributed by atoms with Gasteiger partial charge in [0.05, 0.1) is 11.3 Å². The number of halogens is 4. The molecule has 0 aliphatic rings. The summed E-state index contributed by atoms with van der Waals surface area (Å²) in [5.41, 5.74) is 5.98. The van der Waals surface area contributed by atoms with Gasteiger partial charge < -0.3 is 15.8 Å². The van der Waals surface area contributed by atoms with Crippen LogP contribution in [0.25, 0.3) is 0 Å². The number of rotatable bonds is 8. The summed E-state index contributed by atoms with van der Waals surface area (Å²) in [7, 11) is 0. The van der Waals surface area contributed by atoms with Gasteiger partial charge in [0.25, 0.3) is 5.91 Å². The Morgan fingerprint density at radius 3 is 2.37 bits per heavy atom. The molecule has 2 atom stereocenters. The Kier molecular flexibility index (Phi) is 7.90. The van der Waals surface area contributed by atoms with E-state index in [9.17, 15) is 18.0 Å². The minimum absolute atomic E-state index is 0.0939. The molecule has 0 radical (unpaired) electrons. The molecule has 10 heteroatoms. The number of anilines is 1. The predicted molar refractivity (Wildman–Crippen MR) is 128 cm³/mol. The third-order valence-corrected chi connectivity index (χ3v) is 5.76. The molecule has 0 saturated heterocycles. The molecule has 0 fully saturated rings. The van der Waals surface area contributed by atoms with Gasteiger partial charge in [0.15, 0.2) is 5.60 Å². The number of nitrogens with one attached hydrogen (secondary N) is 1. The highest BCUT2D eigenvalue weighted by molar-refractivity contribution is 6.30. The second-order valence-electron chi connectivity index (χ2n) is 8.75. The quantitative estimate of drug-likeness (QED) is 0.426. The topological polar surface area (TPSA) is 90.1 Å². The molecule has 2 unspecified atom stereocenters. The molecule has 0 saturated carbocycles. The van der Waals surface area contributed by atoms with Crippen molar-refractivity contribution in [3.05, 3.63) is 82.8 Å². The first-order valence-electron chi connectivity index (χ1n) is 10.8. The van der Waals surface area contributed by atoms with E-state index < -0.39 is 23.2 Å². The summed E-state index contributed by atoms with van der Waals surface area (Å²) in [6.45, 7) is 4.89. The van der Waals surface area contributed by atoms with E-state index in [-0.39, 0.29) is 17.8 Å². The fourth-order valence-electron chi connectivity index (χ4n) is 3.53. The minimum Gasteiger partial charge on any atom is -0.462 e. The van der Waals surface area contributed by atoms with E-state index in [0.717, 1.165) is 23.3 Å². The van der Waals surface area contributed by atoms with E-state index in [1.165, 1.54) is 13.8 Å². The average molecular weight is 507 g/mol. The lowest BCUT2D eigenvalue weighted by molar-refractivity contribution is -0.138. The van der Waals surface area contributed by atoms with E-state index in [1.807, 2.05) is 25.1 Å². The zero-order chi connectivity index (χ0) is 25.8. The van der Waals surface area contributed by atoms with Crippen LogP contribution in [0.5, 0.6) is 5.88 Å². The number of carbonyl (C=O) groups excluding carboxylic acids is 1. The van der Waals surface area contributed by atoms with Crippen LogP contribution in [0.15, 0.2) is 61.1 Å². The van der Waals surface area contributed by atoms with Gasteiger partial charge in [-0.1, -0.05) is 23.7 Å². The van der Waals surface area contributed by atoms with Gasteiger partial charge in [-0.25, -0.2) is 4.98 Å². The van der Waals surface area contributed by atoms with Crippen molar-refractivity contribution in [2.75, 3.05) is 5.73 Å². The Balaban J connectivity index is 1.76. The maximum absolute atomic E-state index is 13.1. The Morgan fingerprint density at radius 1 is 1.11 bits per heavy atom. The van der Waals surface area contributed by atoms with Crippen LogP contribution in [0.2, 0.25) is 5.02 Å². The van der Waals surface area contributed by atoms with Gasteiger partial charge in [-0.15, -0.1) is 0 Å². The first-order chi connectivity index (χ1) is 16.3. The number of nitrogens with zero attached hydrogens (tertiary/aromatic N) is 2. The molecule has 0 bridgehead atoms. The number of alkyl halides is 3. The lowest BCUT2D eigenvalue weighted by Crippen LogP contribution is -2.51. The molecule has 0 spiro atoms. The monoisotopic (exact) mass is 506 g/mol. The van der Waals surface area contributed by atoms with Crippen molar-refractivity contribution < 1.29 is 22.7 Å². The van der Waals surface area contributed by atoms with E-state index in [0.29, 0.717) is 23.3 Å². The Morgan fingerprint density at radius 2 is 1.80 bits per heavy atom. The number of amides is 1. The molecule has 186 valence electrons. The largest absolute Gasteiger partial charge is 0.462 e. The van der Waals surface area contributed by atoms with Gasteiger partial charge in [-0.2, -0.15) is 13.2 Å². The fourth-order valence-corrected chi connectivity index (χ4v) is 3.66. The van der Waals surface area contributed by atoms with Crippen LogP contribution < -0.4 is 15.8 Å². The number of nitrogen functional groups attached to an aromatic ring is 1. The van der Waals surface area contributed by atoms with Crippen molar-refractivity contribution >= 4 is 23.2 Å². The standard InChI is InChI=1S/C25H26ClF3N4O2/c1-15(21(17-11-20(30)14-31-12-17)10-16-4-7-19(26)8-5-16)33-23(34)24(2,3)35-22-9-6-18(13-32-22)25(27,28)29/h4-9,11-15,21H,10,30H2,1-3H3,(H,33,34). The summed E-state index contributed by atoms with van der Waals surface area (Å²) in [6.07, 6.45) is -0.0253. The summed E-state index contributed by atoms with van der Waals surface area (Å²) in [5, 5.41) is 3.58. The predicted octanol–water partition coefficient (Wildman–Crippen LogP) is 5.42. The molecular weight excluding hydrogens is 481 g/mol. The number of nitrogens with two attached hydrogens (primary N) is 1. The molecule has 1 amide bonds. The third-order valence-electron chi connectivity index (χ3n) is 5.51. The van der Waals surface area contributed by atoms with Crippen molar-refractivity contribution in [2.45, 2.75) is 50.9 Å². The van der Waals surface area contributed by atoms with E-state index in [2.05, 4.69) is 15.3 Å². The maximum Gasteiger partial charge on any atom is 0.417 e. The number of carbonyl (C=O) groups is 1. The highest BCUT2D eigenvalue weighted by Gasteiger charge is 2.34. The fraction of sp³-hybridized carbons (Fsp3) is 0.320. The second kappa shape index (κ2) is 10.5. The summed E-state index contributed by atoms with van der Waals surface area (Å²) >= 11 is 6.01. The van der Waals surface area contributed by atoms with Crippen molar-refractivity contribution in [3.8, 4) is 5.88 Å². The third kappa shape index (κ3) is 7.08. The van der Waals surface area contributed by atoms with Gasteiger partial charge in [0.2, 0.25) is 5.88 Å². The Bertz CT molecular complexity index is 1150. The molecule has 3 aromatic rings. The van der Waals surface area contributed by atoms with E-state index in [4.69, 9.17) is 22.1 Å². The van der Waals surface area contributed by atoms with Crippen LogP contribution in [-0.2, 0) is 17.4 Å². The van der Waals surface area contributed by atoms with Gasteiger partial charge in [-0.3, -0.25) is 9.78 Å². The van der Waals surface area contributed by atoms with Crippen LogP contribution >= 0.6 is 11.6 Å². The van der Waals surface area contributed by atoms with Gasteiger partial charge in [0.1, 0.15) is 0 Å². The second-order valence-corrected chi connectivity index (χ2v) is 9.18. The first kappa shape index (κ1) is 26.3. The van der Waals surface area contributed by atoms with Crippen LogP contribution in [0.3, 0.4) is 0 Å². The lowest BCUT2D eigenvalue weighted by atomic mass is 9.87. The summed E-state index contributed by atoms with van der Waals surface area (Å²) < 4.78 is 44.0. The van der Waals surface area contributed by atoms with Crippen LogP contribution in [0.4, 0.5) is 18.9 Å². The molecule has 1 aromatic carbocycles. The van der Waals surface area contributed by atoms with E-state index >= 15 is 0 Å². The molecule has 35 heavy (non-hydrogen) atoms. The van der Waals surface area contributed by atoms with Crippen LogP contribution in [0.1, 0.15) is 43.4 Å². The normalized spacial score (nSPS) is 13.7. The van der Waals surface area contributed by atoms with Gasteiger partial charge in [0, 0.05) is 41.6 Å². The molecule has 2 aromatic heterocycles. The number of hydrogen-bond donors (Lipinski definition) is 2. The zero-order valence-electron chi connectivity index (χ0n) is 19.4. The van der Waals surface area contributed by atoms with Crippen molar-refractivity contribution in [1.29, 1.82) is 0 Å². The number of aromatic nitrogens is 2. The highest BCUT2D eigenvalue weighted by Crippen LogP contribution is 2.30. The zero-order valence-corrected chi connectivity index (χ0v) is 20.2. The van der Waals surface area contributed by atoms with Crippen LogP contribution in [-0.4, -0.2) is 27.5 Å². The maximum atomic E-state index is 13.1. The number of benzene rings is 1. The van der Waals surface area contributed by atoms with Crippen molar-refractivity contribution in [2.24, 2.45) is 0 Å². The molecule has 0 aliphatic carbocycles. The average Bonchev–Trinajstić information content (AvgIpc) is 2.78. The highest BCUT2D eigenvalue weighted by atomic mass is 35.5. The first-order valence-corrected chi connectivity index (χ1v) is 11.2. The van der Waals surface area contributed by atoms with Crippen molar-refractivity contribution in [1.82, 2.24) is 15.3 Å². The van der Waals surface area contributed by atoms with Crippen LogP contribution in [0, 0.1) is 0 Å². The molecule has 6 nitrogen and oxygen atoms in total. The van der Waals surface area contributed by atoms with E-state index in [1.54, 1.807) is 24.5 Å². The Hall–Kier alpha value is -3.33. The smallest absolute Gasteiger partial charge is 0.417 e. The molecule has 0 aliphatic heterocycles. The molecule has 3 rings (SSSR count). The summed E-state index contributed by atoms with van der Waals surface area (Å²) in [4.78, 5) is 21.0. The molecule has 3 N–H and O–H groups in total. The van der Waals surface area contributed by atoms with Crippen molar-refractivity contribution in [3.63, 3.8) is 0 Å². The number of pyridine rings is 2. The van der Waals surface area contributed by atoms with Gasteiger partial charge in [-0.05, 0) is 62.6 Å². The number of hydrogen-bond acceptors (Lipinski definition) is 5. The number of ether oxygens (including phenoxy) is 1. The Labute approximate surface area is 206 Å². The summed E-state index contributed by atoms with van der Waals surface area (Å²) in [5.74, 6) is -0.732. The lowest BCUT2D eigenvalue weighted by Gasteiger charge is -2.30. The molecular formula is C25H26ClF3N4O2. The minimum atomic E-state index is -4.51. The SMILES string of the molecule is CC(NC(=O)C(C)(C)Oc1ccc(C(F)(F)F)cn1)C(Cc1ccc(Cl)cc1)c1cncc(N)c1. The molecule has 2 heterocycles. The summed E-state index contributed by atoms with van der Waals surface area (Å²) in [6, 6.07) is 10.8.